The van der Waals surface area contributed by atoms with Gasteiger partial charge >= 0.3 is 0 Å². The van der Waals surface area contributed by atoms with Crippen molar-refractivity contribution >= 4 is 50.7 Å². The molecule has 0 aromatic heterocycles. The van der Waals surface area contributed by atoms with E-state index in [1.165, 1.54) is 0 Å². The molecule has 0 aliphatic carbocycles. The van der Waals surface area contributed by atoms with E-state index in [0.29, 0.717) is 11.8 Å². The molecule has 0 bridgehead atoms. The highest BCUT2D eigenvalue weighted by Gasteiger charge is 2.31. The first kappa shape index (κ1) is 16.2. The van der Waals surface area contributed by atoms with Crippen molar-refractivity contribution in [2.24, 2.45) is 0 Å². The van der Waals surface area contributed by atoms with E-state index in [4.69, 9.17) is 34.8 Å². The average Bonchev–Trinajstić information content (AvgIpc) is 2.48. The smallest absolute Gasteiger partial charge is 0.0449 e. The minimum atomic E-state index is -0.304. The lowest BCUT2D eigenvalue weighted by molar-refractivity contribution is 0.536. The Balaban J connectivity index is 2.39. The van der Waals surface area contributed by atoms with Gasteiger partial charge in [0.1, 0.15) is 0 Å². The van der Waals surface area contributed by atoms with Crippen LogP contribution in [0.2, 0.25) is 5.02 Å². The van der Waals surface area contributed by atoms with Crippen LogP contribution >= 0.6 is 50.7 Å². The highest BCUT2D eigenvalue weighted by Crippen LogP contribution is 2.34. The number of hydrogen-bond acceptors (Lipinski definition) is 0. The number of halogens is 4. The Morgan fingerprint density at radius 1 is 0.950 bits per heavy atom. The van der Waals surface area contributed by atoms with E-state index in [1.54, 1.807) is 0 Å². The lowest BCUT2D eigenvalue weighted by atomic mass is 9.79. The molecule has 0 spiro atoms. The Kier molecular flexibility index (Phi) is 5.80. The van der Waals surface area contributed by atoms with Crippen molar-refractivity contribution in [3.63, 3.8) is 0 Å². The van der Waals surface area contributed by atoms with Crippen molar-refractivity contribution in [2.45, 2.75) is 11.8 Å². The Morgan fingerprint density at radius 2 is 1.60 bits per heavy atom. The fraction of sp³-hybridized carbons (Fsp3) is 0.250. The van der Waals surface area contributed by atoms with Crippen molar-refractivity contribution < 1.29 is 0 Å². The third-order valence-corrected chi connectivity index (χ3v) is 5.31. The first-order chi connectivity index (χ1) is 9.61. The molecule has 2 aromatic rings. The molecular weight excluding hydrogens is 378 g/mol. The summed E-state index contributed by atoms with van der Waals surface area (Å²) in [6.45, 7) is 0. The molecule has 0 amide bonds. The third-order valence-electron chi connectivity index (χ3n) is 3.44. The maximum atomic E-state index is 6.32. The van der Waals surface area contributed by atoms with Crippen molar-refractivity contribution in [3.8, 4) is 0 Å². The average molecular weight is 393 g/mol. The maximum Gasteiger partial charge on any atom is 0.0449 e. The van der Waals surface area contributed by atoms with E-state index in [-0.39, 0.29) is 5.41 Å². The Labute approximate surface area is 143 Å². The number of alkyl halides is 2. The monoisotopic (exact) mass is 390 g/mol. The zero-order chi connectivity index (χ0) is 14.6. The summed E-state index contributed by atoms with van der Waals surface area (Å²) in [6.07, 6.45) is 0.718. The molecule has 2 aromatic carbocycles. The van der Waals surface area contributed by atoms with Gasteiger partial charge in [-0.1, -0.05) is 63.9 Å². The molecule has 4 heteroatoms. The Bertz CT molecular complexity index is 565. The minimum Gasteiger partial charge on any atom is -0.126 e. The van der Waals surface area contributed by atoms with Gasteiger partial charge in [-0.25, -0.2) is 0 Å². The van der Waals surface area contributed by atoms with Gasteiger partial charge in [0, 0.05) is 26.7 Å². The maximum absolute atomic E-state index is 6.32. The molecule has 0 fully saturated rings. The van der Waals surface area contributed by atoms with Crippen molar-refractivity contribution in [1.82, 2.24) is 0 Å². The quantitative estimate of drug-likeness (QED) is 0.543. The van der Waals surface area contributed by atoms with Gasteiger partial charge in [0.05, 0.1) is 0 Å². The number of hydrogen-bond donors (Lipinski definition) is 0. The third kappa shape index (κ3) is 3.51. The Morgan fingerprint density at radius 3 is 2.15 bits per heavy atom. The summed E-state index contributed by atoms with van der Waals surface area (Å²) in [4.78, 5) is 0. The van der Waals surface area contributed by atoms with Crippen LogP contribution < -0.4 is 0 Å². The molecule has 0 nitrogen and oxygen atoms in total. The van der Waals surface area contributed by atoms with Crippen LogP contribution in [0.5, 0.6) is 0 Å². The van der Waals surface area contributed by atoms with Gasteiger partial charge < -0.3 is 0 Å². The van der Waals surface area contributed by atoms with E-state index in [1.807, 2.05) is 36.4 Å². The molecule has 0 radical (unpaired) electrons. The molecule has 0 aliphatic heterocycles. The highest BCUT2D eigenvalue weighted by molar-refractivity contribution is 9.10. The van der Waals surface area contributed by atoms with Gasteiger partial charge in [0.25, 0.3) is 0 Å². The van der Waals surface area contributed by atoms with Crippen LogP contribution in [0.25, 0.3) is 0 Å². The molecule has 0 N–H and O–H groups in total. The Hall–Kier alpha value is -0.210. The van der Waals surface area contributed by atoms with Crippen LogP contribution in [0.1, 0.15) is 11.1 Å². The van der Waals surface area contributed by atoms with Crippen LogP contribution in [-0.2, 0) is 11.8 Å². The van der Waals surface area contributed by atoms with E-state index >= 15 is 0 Å². The first-order valence-electron chi connectivity index (χ1n) is 6.23. The normalized spacial score (nSPS) is 11.6. The molecule has 20 heavy (non-hydrogen) atoms. The summed E-state index contributed by atoms with van der Waals surface area (Å²) in [6, 6.07) is 16.0. The molecule has 0 heterocycles. The van der Waals surface area contributed by atoms with Crippen LogP contribution in [0.4, 0.5) is 0 Å². The van der Waals surface area contributed by atoms with Crippen molar-refractivity contribution in [2.75, 3.05) is 11.8 Å². The topological polar surface area (TPSA) is 0 Å². The summed E-state index contributed by atoms with van der Waals surface area (Å²) in [5.74, 6) is 0.903. The summed E-state index contributed by atoms with van der Waals surface area (Å²) < 4.78 is 0.966. The predicted octanol–water partition coefficient (Wildman–Crippen LogP) is 6.06. The standard InChI is InChI=1S/C16H14BrCl3/c17-14-7-6-12(15(20)8-14)9-16(10-18,11-19)13-4-2-1-3-5-13/h1-8H,9-11H2. The lowest BCUT2D eigenvalue weighted by Gasteiger charge is -2.30. The number of rotatable bonds is 5. The largest absolute Gasteiger partial charge is 0.126 e. The van der Waals surface area contributed by atoms with E-state index in [9.17, 15) is 0 Å². The van der Waals surface area contributed by atoms with Gasteiger partial charge in [-0.15, -0.1) is 23.2 Å². The van der Waals surface area contributed by atoms with E-state index in [2.05, 4.69) is 28.1 Å². The summed E-state index contributed by atoms with van der Waals surface area (Å²) >= 11 is 22.3. The van der Waals surface area contributed by atoms with Gasteiger partial charge in [0.15, 0.2) is 0 Å². The lowest BCUT2D eigenvalue weighted by Crippen LogP contribution is -2.33. The zero-order valence-electron chi connectivity index (χ0n) is 10.8. The predicted molar refractivity (Wildman–Crippen MR) is 92.4 cm³/mol. The second-order valence-electron chi connectivity index (χ2n) is 4.83. The van der Waals surface area contributed by atoms with Crippen LogP contribution in [0.15, 0.2) is 53.0 Å². The molecular formula is C16H14BrCl3. The summed E-state index contributed by atoms with van der Waals surface area (Å²) in [5.41, 5.74) is 1.89. The highest BCUT2D eigenvalue weighted by atomic mass is 79.9. The van der Waals surface area contributed by atoms with Crippen LogP contribution in [-0.4, -0.2) is 11.8 Å². The fourth-order valence-electron chi connectivity index (χ4n) is 2.21. The van der Waals surface area contributed by atoms with Gasteiger partial charge in [-0.3, -0.25) is 0 Å². The van der Waals surface area contributed by atoms with Crippen LogP contribution in [0.3, 0.4) is 0 Å². The van der Waals surface area contributed by atoms with Crippen molar-refractivity contribution in [3.05, 3.63) is 69.2 Å². The summed E-state index contributed by atoms with van der Waals surface area (Å²) in [5, 5.41) is 0.731. The second kappa shape index (κ2) is 7.17. The van der Waals surface area contributed by atoms with Gasteiger partial charge in [0.2, 0.25) is 0 Å². The van der Waals surface area contributed by atoms with E-state index < -0.39 is 0 Å². The molecule has 0 unspecified atom stereocenters. The van der Waals surface area contributed by atoms with Crippen molar-refractivity contribution in [1.29, 1.82) is 0 Å². The molecule has 0 aliphatic rings. The molecule has 0 atom stereocenters. The molecule has 106 valence electrons. The van der Waals surface area contributed by atoms with Gasteiger partial charge in [-0.05, 0) is 29.7 Å². The number of benzene rings is 2. The summed E-state index contributed by atoms with van der Waals surface area (Å²) in [7, 11) is 0. The molecule has 2 rings (SSSR count). The molecule has 0 saturated heterocycles. The van der Waals surface area contributed by atoms with Gasteiger partial charge in [-0.2, -0.15) is 0 Å². The zero-order valence-corrected chi connectivity index (χ0v) is 14.6. The minimum absolute atomic E-state index is 0.304. The van der Waals surface area contributed by atoms with Crippen LogP contribution in [0, 0.1) is 0 Å². The second-order valence-corrected chi connectivity index (χ2v) is 6.68. The SMILES string of the molecule is ClCC(CCl)(Cc1ccc(Br)cc1Cl)c1ccccc1. The van der Waals surface area contributed by atoms with E-state index in [0.717, 1.165) is 27.0 Å². The fourth-order valence-corrected chi connectivity index (χ4v) is 3.73. The molecule has 0 saturated carbocycles. The first-order valence-corrected chi connectivity index (χ1v) is 8.47.